The molecule has 2 N–H and O–H groups in total. The van der Waals surface area contributed by atoms with Crippen LogP contribution in [0.1, 0.15) is 107 Å². The Kier molecular flexibility index (Phi) is 10.8. The van der Waals surface area contributed by atoms with Gasteiger partial charge in [0.05, 0.1) is 12.3 Å². The SMILES string of the molecule is CCCC(CC(C)(C)N(O)CC)OC(=O)CC(CC)C(=O)OC1CC(C)(C)N(O)C(C)(C)C1. The maximum Gasteiger partial charge on any atom is 0.309 e. The topological polar surface area (TPSA) is 99.5 Å². The Balaban J connectivity index is 2.75. The molecular formula is C25H48N2O6. The molecule has 0 spiro atoms. The van der Waals surface area contributed by atoms with Gasteiger partial charge in [-0.15, -0.1) is 0 Å². The number of piperidine rings is 1. The van der Waals surface area contributed by atoms with E-state index in [1.807, 2.05) is 62.3 Å². The van der Waals surface area contributed by atoms with Crippen molar-refractivity contribution in [2.75, 3.05) is 6.54 Å². The summed E-state index contributed by atoms with van der Waals surface area (Å²) < 4.78 is 11.6. The lowest BCUT2D eigenvalue weighted by molar-refractivity contribution is -0.260. The fourth-order valence-corrected chi connectivity index (χ4v) is 4.97. The molecule has 0 bridgehead atoms. The van der Waals surface area contributed by atoms with Crippen molar-refractivity contribution in [1.29, 1.82) is 0 Å². The van der Waals surface area contributed by atoms with Crippen LogP contribution in [0.2, 0.25) is 0 Å². The molecule has 0 aromatic carbocycles. The average molecular weight is 473 g/mol. The zero-order valence-corrected chi connectivity index (χ0v) is 22.3. The third-order valence-corrected chi connectivity index (χ3v) is 6.76. The summed E-state index contributed by atoms with van der Waals surface area (Å²) in [6.45, 7) is 17.8. The molecule has 194 valence electrons. The average Bonchev–Trinajstić information content (AvgIpc) is 2.68. The van der Waals surface area contributed by atoms with Gasteiger partial charge in [0.1, 0.15) is 12.2 Å². The molecule has 0 aromatic rings. The standard InChI is InChI=1S/C25H48N2O6/c1-10-13-19(15-23(4,5)26(30)12-3)32-21(28)14-18(11-2)22(29)33-20-16-24(6,7)27(31)25(8,9)17-20/h18-20,30-31H,10-17H2,1-9H3. The summed E-state index contributed by atoms with van der Waals surface area (Å²) in [5, 5.41) is 23.2. The van der Waals surface area contributed by atoms with Crippen molar-refractivity contribution in [3.05, 3.63) is 0 Å². The van der Waals surface area contributed by atoms with Gasteiger partial charge in [-0.1, -0.05) is 27.2 Å². The molecule has 1 aliphatic rings. The third-order valence-electron chi connectivity index (χ3n) is 6.76. The van der Waals surface area contributed by atoms with Crippen LogP contribution in [0.5, 0.6) is 0 Å². The number of rotatable bonds is 12. The second-order valence-corrected chi connectivity index (χ2v) is 11.3. The highest BCUT2D eigenvalue weighted by molar-refractivity contribution is 5.80. The monoisotopic (exact) mass is 472 g/mol. The molecule has 0 aromatic heterocycles. The predicted octanol–water partition coefficient (Wildman–Crippen LogP) is 4.95. The molecule has 0 aliphatic carbocycles. The molecule has 33 heavy (non-hydrogen) atoms. The van der Waals surface area contributed by atoms with Crippen LogP contribution in [0.15, 0.2) is 0 Å². The Morgan fingerprint density at radius 3 is 2.12 bits per heavy atom. The molecule has 1 saturated heterocycles. The minimum atomic E-state index is -0.573. The highest BCUT2D eigenvalue weighted by Gasteiger charge is 2.46. The summed E-state index contributed by atoms with van der Waals surface area (Å²) in [5.41, 5.74) is -1.57. The van der Waals surface area contributed by atoms with Crippen LogP contribution in [0.4, 0.5) is 0 Å². The van der Waals surface area contributed by atoms with Gasteiger partial charge < -0.3 is 19.9 Å². The molecule has 1 heterocycles. The molecule has 8 nitrogen and oxygen atoms in total. The summed E-state index contributed by atoms with van der Waals surface area (Å²) in [5.74, 6) is -1.38. The maximum absolute atomic E-state index is 12.9. The second-order valence-electron chi connectivity index (χ2n) is 11.3. The normalized spacial score (nSPS) is 21.0. The molecule has 1 aliphatic heterocycles. The first-order valence-electron chi connectivity index (χ1n) is 12.4. The molecule has 0 saturated carbocycles. The smallest absolute Gasteiger partial charge is 0.309 e. The van der Waals surface area contributed by atoms with Crippen LogP contribution in [-0.2, 0) is 19.1 Å². The van der Waals surface area contributed by atoms with Gasteiger partial charge in [0, 0.05) is 42.4 Å². The van der Waals surface area contributed by atoms with Crippen molar-refractivity contribution in [3.63, 3.8) is 0 Å². The minimum absolute atomic E-state index is 0.0295. The first kappa shape index (κ1) is 29.8. The van der Waals surface area contributed by atoms with Gasteiger partial charge >= 0.3 is 11.9 Å². The number of hydroxylamine groups is 4. The summed E-state index contributed by atoms with van der Waals surface area (Å²) in [7, 11) is 0. The quantitative estimate of drug-likeness (QED) is 0.304. The van der Waals surface area contributed by atoms with E-state index in [1.54, 1.807) is 0 Å². The van der Waals surface area contributed by atoms with E-state index in [0.29, 0.717) is 38.6 Å². The van der Waals surface area contributed by atoms with E-state index in [9.17, 15) is 20.0 Å². The second kappa shape index (κ2) is 12.0. The van der Waals surface area contributed by atoms with Crippen molar-refractivity contribution in [2.45, 2.75) is 136 Å². The Morgan fingerprint density at radius 2 is 1.67 bits per heavy atom. The van der Waals surface area contributed by atoms with Crippen LogP contribution in [0, 0.1) is 5.92 Å². The zero-order valence-electron chi connectivity index (χ0n) is 22.3. The van der Waals surface area contributed by atoms with E-state index in [4.69, 9.17) is 9.47 Å². The Morgan fingerprint density at radius 1 is 1.12 bits per heavy atom. The van der Waals surface area contributed by atoms with Crippen LogP contribution >= 0.6 is 0 Å². The first-order valence-corrected chi connectivity index (χ1v) is 12.4. The number of ether oxygens (including phenoxy) is 2. The lowest BCUT2D eigenvalue weighted by atomic mass is 9.80. The lowest BCUT2D eigenvalue weighted by Crippen LogP contribution is -2.60. The van der Waals surface area contributed by atoms with E-state index >= 15 is 0 Å². The van der Waals surface area contributed by atoms with Crippen molar-refractivity contribution in [3.8, 4) is 0 Å². The molecule has 2 unspecified atom stereocenters. The zero-order chi connectivity index (χ0) is 25.6. The van der Waals surface area contributed by atoms with Crippen LogP contribution in [-0.4, -0.2) is 67.8 Å². The summed E-state index contributed by atoms with van der Waals surface area (Å²) in [6, 6.07) is 0. The van der Waals surface area contributed by atoms with Gasteiger partial charge in [0.15, 0.2) is 0 Å². The van der Waals surface area contributed by atoms with Gasteiger partial charge in [0.2, 0.25) is 0 Å². The Labute approximate surface area is 200 Å². The summed E-state index contributed by atoms with van der Waals surface area (Å²) in [6.07, 6.45) is 2.86. The van der Waals surface area contributed by atoms with Crippen molar-refractivity contribution in [2.24, 2.45) is 5.92 Å². The minimum Gasteiger partial charge on any atom is -0.462 e. The molecular weight excluding hydrogens is 424 g/mol. The molecule has 2 atom stereocenters. The van der Waals surface area contributed by atoms with E-state index in [2.05, 4.69) is 0 Å². The maximum atomic E-state index is 12.9. The van der Waals surface area contributed by atoms with Gasteiger partial charge in [0.25, 0.3) is 0 Å². The van der Waals surface area contributed by atoms with E-state index in [1.165, 1.54) is 10.1 Å². The van der Waals surface area contributed by atoms with Crippen molar-refractivity contribution in [1.82, 2.24) is 10.1 Å². The van der Waals surface area contributed by atoms with Crippen LogP contribution < -0.4 is 0 Å². The highest BCUT2D eigenvalue weighted by atomic mass is 16.6. The van der Waals surface area contributed by atoms with E-state index < -0.39 is 34.5 Å². The predicted molar refractivity (Wildman–Crippen MR) is 127 cm³/mol. The van der Waals surface area contributed by atoms with E-state index in [-0.39, 0.29) is 18.6 Å². The van der Waals surface area contributed by atoms with Gasteiger partial charge in [-0.25, -0.2) is 0 Å². The Hall–Kier alpha value is -1.22. The number of hydrogen-bond donors (Lipinski definition) is 2. The number of nitrogens with zero attached hydrogens (tertiary/aromatic N) is 2. The van der Waals surface area contributed by atoms with E-state index in [0.717, 1.165) is 6.42 Å². The fourth-order valence-electron chi connectivity index (χ4n) is 4.97. The molecule has 0 amide bonds. The highest BCUT2D eigenvalue weighted by Crippen LogP contribution is 2.38. The summed E-state index contributed by atoms with van der Waals surface area (Å²) in [4.78, 5) is 25.6. The number of carbonyl (C=O) groups excluding carboxylic acids is 2. The number of carbonyl (C=O) groups is 2. The first-order chi connectivity index (χ1) is 15.1. The van der Waals surface area contributed by atoms with Gasteiger partial charge in [-0.3, -0.25) is 9.59 Å². The molecule has 1 rings (SSSR count). The summed E-state index contributed by atoms with van der Waals surface area (Å²) >= 11 is 0. The van der Waals surface area contributed by atoms with Crippen LogP contribution in [0.25, 0.3) is 0 Å². The van der Waals surface area contributed by atoms with Crippen LogP contribution in [0.3, 0.4) is 0 Å². The molecule has 1 fully saturated rings. The lowest BCUT2D eigenvalue weighted by Gasteiger charge is -2.51. The molecule has 8 heteroatoms. The van der Waals surface area contributed by atoms with Crippen molar-refractivity contribution < 1.29 is 29.5 Å². The van der Waals surface area contributed by atoms with Gasteiger partial charge in [-0.2, -0.15) is 10.1 Å². The molecule has 0 radical (unpaired) electrons. The third kappa shape index (κ3) is 8.50. The number of hydrogen-bond acceptors (Lipinski definition) is 8. The Bertz CT molecular complexity index is 631. The number of esters is 2. The fraction of sp³-hybridized carbons (Fsp3) is 0.920. The van der Waals surface area contributed by atoms with Crippen molar-refractivity contribution >= 4 is 11.9 Å². The largest absolute Gasteiger partial charge is 0.462 e. The van der Waals surface area contributed by atoms with Gasteiger partial charge in [-0.05, 0) is 54.4 Å².